The molecule has 2 aromatic rings. The van der Waals surface area contributed by atoms with Crippen LogP contribution in [-0.2, 0) is 0 Å². The van der Waals surface area contributed by atoms with Gasteiger partial charge in [0.15, 0.2) is 0 Å². The zero-order valence-corrected chi connectivity index (χ0v) is 7.81. The minimum atomic E-state index is -0.275. The van der Waals surface area contributed by atoms with Crippen LogP contribution in [0.5, 0.6) is 0 Å². The van der Waals surface area contributed by atoms with E-state index >= 15 is 0 Å². The number of fused-ring (bicyclic) bond motifs is 1. The van der Waals surface area contributed by atoms with Crippen molar-refractivity contribution in [1.29, 1.82) is 0 Å². The molecular formula is C7H5BrFN3. The molecule has 0 bridgehead atoms. The van der Waals surface area contributed by atoms with Gasteiger partial charge in [-0.25, -0.2) is 4.39 Å². The van der Waals surface area contributed by atoms with Crippen LogP contribution in [0.1, 0.15) is 5.56 Å². The van der Waals surface area contributed by atoms with Crippen molar-refractivity contribution in [2.45, 2.75) is 6.92 Å². The standard InChI is InChI=1S/C7H5BrFN3/c1-3-4(9)2-5-7(6(3)8)11-12-10-5/h2H,1H3,(H,10,11,12). The predicted octanol–water partition coefficient (Wildman–Crippen LogP) is 2.17. The number of hydrogen-bond acceptors (Lipinski definition) is 2. The second kappa shape index (κ2) is 2.52. The summed E-state index contributed by atoms with van der Waals surface area (Å²) in [5.41, 5.74) is 1.75. The molecule has 1 heterocycles. The largest absolute Gasteiger partial charge is 0.207 e. The summed E-state index contributed by atoms with van der Waals surface area (Å²) in [5, 5.41) is 10.1. The Morgan fingerprint density at radius 1 is 1.50 bits per heavy atom. The molecule has 3 nitrogen and oxygen atoms in total. The van der Waals surface area contributed by atoms with Gasteiger partial charge in [0.1, 0.15) is 16.9 Å². The smallest absolute Gasteiger partial charge is 0.129 e. The lowest BCUT2D eigenvalue weighted by Gasteiger charge is -1.98. The number of nitrogens with one attached hydrogen (secondary N) is 1. The average Bonchev–Trinajstić information content (AvgIpc) is 2.48. The molecule has 0 saturated carbocycles. The number of benzene rings is 1. The quantitative estimate of drug-likeness (QED) is 0.753. The van der Waals surface area contributed by atoms with E-state index in [-0.39, 0.29) is 5.82 Å². The zero-order valence-electron chi connectivity index (χ0n) is 6.23. The number of hydrogen-bond donors (Lipinski definition) is 1. The number of aromatic amines is 1. The highest BCUT2D eigenvalue weighted by Gasteiger charge is 2.09. The van der Waals surface area contributed by atoms with Gasteiger partial charge >= 0.3 is 0 Å². The first-order chi connectivity index (χ1) is 5.70. The highest BCUT2D eigenvalue weighted by molar-refractivity contribution is 9.10. The SMILES string of the molecule is Cc1c(F)cc2n[nH]nc2c1Br. The molecule has 0 saturated heterocycles. The number of halogens is 2. The number of nitrogens with zero attached hydrogens (tertiary/aromatic N) is 2. The fourth-order valence-corrected chi connectivity index (χ4v) is 1.49. The van der Waals surface area contributed by atoms with Crippen LogP contribution in [0.15, 0.2) is 10.5 Å². The first-order valence-corrected chi connectivity index (χ1v) is 4.14. The zero-order chi connectivity index (χ0) is 8.72. The van der Waals surface area contributed by atoms with Crippen LogP contribution in [0.2, 0.25) is 0 Å². The van der Waals surface area contributed by atoms with E-state index in [1.165, 1.54) is 6.07 Å². The second-order valence-electron chi connectivity index (χ2n) is 2.49. The van der Waals surface area contributed by atoms with E-state index in [0.29, 0.717) is 21.1 Å². The van der Waals surface area contributed by atoms with Crippen molar-refractivity contribution in [2.75, 3.05) is 0 Å². The minimum absolute atomic E-state index is 0.275. The molecule has 0 aliphatic heterocycles. The third kappa shape index (κ3) is 0.929. The van der Waals surface area contributed by atoms with Crippen LogP contribution in [0.25, 0.3) is 11.0 Å². The van der Waals surface area contributed by atoms with Crippen molar-refractivity contribution in [3.8, 4) is 0 Å². The van der Waals surface area contributed by atoms with E-state index in [9.17, 15) is 4.39 Å². The molecule has 0 unspecified atom stereocenters. The molecule has 0 aliphatic carbocycles. The van der Waals surface area contributed by atoms with E-state index < -0.39 is 0 Å². The Labute approximate surface area is 76.1 Å². The monoisotopic (exact) mass is 229 g/mol. The molecule has 0 amide bonds. The van der Waals surface area contributed by atoms with Crippen molar-refractivity contribution >= 4 is 27.0 Å². The van der Waals surface area contributed by atoms with Gasteiger partial charge in [-0.15, -0.1) is 0 Å². The molecule has 62 valence electrons. The highest BCUT2D eigenvalue weighted by Crippen LogP contribution is 2.26. The van der Waals surface area contributed by atoms with E-state index in [2.05, 4.69) is 31.3 Å². The summed E-state index contributed by atoms with van der Waals surface area (Å²) in [4.78, 5) is 0. The Balaban J connectivity index is 2.94. The van der Waals surface area contributed by atoms with E-state index in [4.69, 9.17) is 0 Å². The molecule has 5 heteroatoms. The van der Waals surface area contributed by atoms with Crippen molar-refractivity contribution < 1.29 is 4.39 Å². The van der Waals surface area contributed by atoms with E-state index in [1.54, 1.807) is 6.92 Å². The summed E-state index contributed by atoms with van der Waals surface area (Å²) in [5.74, 6) is -0.275. The van der Waals surface area contributed by atoms with Crippen molar-refractivity contribution in [2.24, 2.45) is 0 Å². The van der Waals surface area contributed by atoms with Crippen LogP contribution in [-0.4, -0.2) is 15.4 Å². The van der Waals surface area contributed by atoms with Gasteiger partial charge in [-0.2, -0.15) is 15.4 Å². The lowest BCUT2D eigenvalue weighted by Crippen LogP contribution is -1.85. The fourth-order valence-electron chi connectivity index (χ4n) is 1.01. The maximum atomic E-state index is 13.1. The molecule has 0 aliphatic rings. The van der Waals surface area contributed by atoms with Gasteiger partial charge in [0, 0.05) is 11.6 Å². The Morgan fingerprint density at radius 2 is 2.25 bits per heavy atom. The number of aromatic nitrogens is 3. The van der Waals surface area contributed by atoms with Crippen LogP contribution < -0.4 is 0 Å². The molecule has 12 heavy (non-hydrogen) atoms. The van der Waals surface area contributed by atoms with E-state index in [0.717, 1.165) is 0 Å². The third-order valence-electron chi connectivity index (χ3n) is 1.73. The average molecular weight is 230 g/mol. The van der Waals surface area contributed by atoms with Gasteiger partial charge < -0.3 is 0 Å². The Bertz CT molecular complexity index is 437. The third-order valence-corrected chi connectivity index (χ3v) is 2.70. The van der Waals surface area contributed by atoms with Gasteiger partial charge in [0.05, 0.1) is 4.47 Å². The van der Waals surface area contributed by atoms with Gasteiger partial charge in [-0.3, -0.25) is 0 Å². The Morgan fingerprint density at radius 3 is 3.00 bits per heavy atom. The summed E-state index contributed by atoms with van der Waals surface area (Å²) in [7, 11) is 0. The Hall–Kier alpha value is -0.970. The van der Waals surface area contributed by atoms with Gasteiger partial charge in [-0.1, -0.05) is 0 Å². The summed E-state index contributed by atoms with van der Waals surface area (Å²) in [6.07, 6.45) is 0. The van der Waals surface area contributed by atoms with Gasteiger partial charge in [0.25, 0.3) is 0 Å². The van der Waals surface area contributed by atoms with Crippen LogP contribution >= 0.6 is 15.9 Å². The molecule has 1 aromatic carbocycles. The topological polar surface area (TPSA) is 41.6 Å². The lowest BCUT2D eigenvalue weighted by molar-refractivity contribution is 0.619. The summed E-state index contributed by atoms with van der Waals surface area (Å²) < 4.78 is 13.7. The van der Waals surface area contributed by atoms with Crippen molar-refractivity contribution in [3.05, 3.63) is 21.9 Å². The second-order valence-corrected chi connectivity index (χ2v) is 3.28. The van der Waals surface area contributed by atoms with Crippen molar-refractivity contribution in [1.82, 2.24) is 15.4 Å². The van der Waals surface area contributed by atoms with Crippen LogP contribution in [0, 0.1) is 12.7 Å². The maximum absolute atomic E-state index is 13.1. The molecule has 0 atom stereocenters. The Kier molecular flexibility index (Phi) is 1.61. The van der Waals surface area contributed by atoms with Gasteiger partial charge in [0.2, 0.25) is 0 Å². The summed E-state index contributed by atoms with van der Waals surface area (Å²) in [6.45, 7) is 1.69. The van der Waals surface area contributed by atoms with Crippen LogP contribution in [0.4, 0.5) is 4.39 Å². The maximum Gasteiger partial charge on any atom is 0.129 e. The highest BCUT2D eigenvalue weighted by atomic mass is 79.9. The molecule has 1 aromatic heterocycles. The molecule has 0 fully saturated rings. The molecular weight excluding hydrogens is 225 g/mol. The van der Waals surface area contributed by atoms with Gasteiger partial charge in [-0.05, 0) is 22.9 Å². The summed E-state index contributed by atoms with van der Waals surface area (Å²) in [6, 6.07) is 1.36. The predicted molar refractivity (Wildman–Crippen MR) is 46.3 cm³/mol. The lowest BCUT2D eigenvalue weighted by atomic mass is 10.2. The first kappa shape index (κ1) is 7.67. The minimum Gasteiger partial charge on any atom is -0.207 e. The normalized spacial score (nSPS) is 10.9. The first-order valence-electron chi connectivity index (χ1n) is 3.35. The molecule has 1 N–H and O–H groups in total. The fraction of sp³-hybridized carbons (Fsp3) is 0.143. The van der Waals surface area contributed by atoms with Crippen LogP contribution in [0.3, 0.4) is 0 Å². The molecule has 0 spiro atoms. The number of rotatable bonds is 0. The summed E-state index contributed by atoms with van der Waals surface area (Å²) >= 11 is 3.25. The molecule has 2 rings (SSSR count). The number of H-pyrrole nitrogens is 1. The van der Waals surface area contributed by atoms with Crippen molar-refractivity contribution in [3.63, 3.8) is 0 Å². The van der Waals surface area contributed by atoms with E-state index in [1.807, 2.05) is 0 Å². The molecule has 0 radical (unpaired) electrons.